The molecule has 1 aromatic rings. The van der Waals surface area contributed by atoms with Crippen molar-refractivity contribution >= 4 is 23.6 Å². The third-order valence-electron chi connectivity index (χ3n) is 5.65. The number of hydrogen-bond acceptors (Lipinski definition) is 3. The second kappa shape index (κ2) is 10.2. The number of nitrogens with one attached hydrogen (secondary N) is 1. The van der Waals surface area contributed by atoms with E-state index in [1.54, 1.807) is 11.8 Å². The second-order valence-electron chi connectivity index (χ2n) is 8.04. The number of piperidine rings is 1. The molecule has 5 heteroatoms. The van der Waals surface area contributed by atoms with E-state index in [0.717, 1.165) is 18.6 Å². The zero-order chi connectivity index (χ0) is 20.0. The summed E-state index contributed by atoms with van der Waals surface area (Å²) >= 11 is 1.74. The lowest BCUT2D eigenvalue weighted by Gasteiger charge is -2.32. The van der Waals surface area contributed by atoms with Crippen LogP contribution in [0.25, 0.3) is 0 Å². The number of nitrogens with zero attached hydrogens (tertiary/aromatic N) is 1. The van der Waals surface area contributed by atoms with Gasteiger partial charge in [-0.1, -0.05) is 19.9 Å². The standard InChI is InChI=1S/C22H34N2O2S/c1-15(2)18(5)23-22(26)19-8-11-24(12-9-19)21(25)10-13-27-20-7-6-16(3)17(4)14-20/h6-7,14-15,18-19H,8-13H2,1-5H3,(H,23,26). The van der Waals surface area contributed by atoms with Gasteiger partial charge in [0.15, 0.2) is 0 Å². The normalized spacial score (nSPS) is 16.4. The molecule has 1 aliphatic heterocycles. The molecule has 1 atom stereocenters. The zero-order valence-corrected chi connectivity index (χ0v) is 18.2. The summed E-state index contributed by atoms with van der Waals surface area (Å²) in [5.41, 5.74) is 2.59. The van der Waals surface area contributed by atoms with Crippen LogP contribution in [0.4, 0.5) is 0 Å². The summed E-state index contributed by atoms with van der Waals surface area (Å²) in [6, 6.07) is 6.64. The van der Waals surface area contributed by atoms with Gasteiger partial charge in [0.1, 0.15) is 0 Å². The number of hydrogen-bond donors (Lipinski definition) is 1. The van der Waals surface area contributed by atoms with E-state index in [2.05, 4.69) is 58.1 Å². The Hall–Kier alpha value is -1.49. The fraction of sp³-hybridized carbons (Fsp3) is 0.636. The van der Waals surface area contributed by atoms with Crippen molar-refractivity contribution in [2.75, 3.05) is 18.8 Å². The first kappa shape index (κ1) is 21.8. The molecule has 1 unspecified atom stereocenters. The van der Waals surface area contributed by atoms with Crippen LogP contribution in [-0.4, -0.2) is 41.6 Å². The molecule has 4 nitrogen and oxygen atoms in total. The van der Waals surface area contributed by atoms with Gasteiger partial charge in [-0.15, -0.1) is 11.8 Å². The number of likely N-dealkylation sites (tertiary alicyclic amines) is 1. The van der Waals surface area contributed by atoms with Gasteiger partial charge in [-0.3, -0.25) is 9.59 Å². The summed E-state index contributed by atoms with van der Waals surface area (Å²) in [5, 5.41) is 3.11. The van der Waals surface area contributed by atoms with Crippen LogP contribution < -0.4 is 5.32 Å². The number of thioether (sulfide) groups is 1. The third kappa shape index (κ3) is 6.56. The molecule has 1 fully saturated rings. The number of benzene rings is 1. The molecule has 1 aliphatic rings. The molecule has 0 aliphatic carbocycles. The highest BCUT2D eigenvalue weighted by Gasteiger charge is 2.28. The molecule has 0 aromatic heterocycles. The predicted octanol–water partition coefficient (Wildman–Crippen LogP) is 4.18. The third-order valence-corrected chi connectivity index (χ3v) is 6.65. The molecular weight excluding hydrogens is 356 g/mol. The molecule has 2 amide bonds. The fourth-order valence-electron chi connectivity index (χ4n) is 3.12. The average molecular weight is 391 g/mol. The first-order valence-electron chi connectivity index (χ1n) is 10.1. The summed E-state index contributed by atoms with van der Waals surface area (Å²) in [6.45, 7) is 11.9. The molecule has 2 rings (SSSR count). The molecular formula is C22H34N2O2S. The maximum Gasteiger partial charge on any atom is 0.223 e. The van der Waals surface area contributed by atoms with E-state index in [-0.39, 0.29) is 23.8 Å². The molecule has 0 bridgehead atoms. The number of rotatable bonds is 7. The van der Waals surface area contributed by atoms with Crippen molar-refractivity contribution in [2.24, 2.45) is 11.8 Å². The van der Waals surface area contributed by atoms with Gasteiger partial charge in [0.25, 0.3) is 0 Å². The van der Waals surface area contributed by atoms with Crippen LogP contribution in [0.1, 0.15) is 51.2 Å². The summed E-state index contributed by atoms with van der Waals surface area (Å²) in [6.07, 6.45) is 2.10. The van der Waals surface area contributed by atoms with E-state index < -0.39 is 0 Å². The Balaban J connectivity index is 1.71. The van der Waals surface area contributed by atoms with Crippen LogP contribution >= 0.6 is 11.8 Å². The van der Waals surface area contributed by atoms with Gasteiger partial charge in [-0.05, 0) is 62.8 Å². The Morgan fingerprint density at radius 2 is 1.81 bits per heavy atom. The van der Waals surface area contributed by atoms with E-state index in [4.69, 9.17) is 0 Å². The Bertz CT molecular complexity index is 652. The number of amides is 2. The topological polar surface area (TPSA) is 49.4 Å². The first-order chi connectivity index (χ1) is 12.8. The Labute approximate surface area is 168 Å². The average Bonchev–Trinajstić information content (AvgIpc) is 2.64. The molecule has 150 valence electrons. The van der Waals surface area contributed by atoms with Crippen LogP contribution in [0.5, 0.6) is 0 Å². The summed E-state index contributed by atoms with van der Waals surface area (Å²) in [4.78, 5) is 28.0. The second-order valence-corrected chi connectivity index (χ2v) is 9.21. The number of carbonyl (C=O) groups is 2. The highest BCUT2D eigenvalue weighted by Crippen LogP contribution is 2.23. The quantitative estimate of drug-likeness (QED) is 0.711. The van der Waals surface area contributed by atoms with Crippen molar-refractivity contribution in [3.8, 4) is 0 Å². The fourth-order valence-corrected chi connectivity index (χ4v) is 4.05. The molecule has 0 saturated carbocycles. The first-order valence-corrected chi connectivity index (χ1v) is 11.0. The summed E-state index contributed by atoms with van der Waals surface area (Å²) in [7, 11) is 0. The minimum Gasteiger partial charge on any atom is -0.353 e. The summed E-state index contributed by atoms with van der Waals surface area (Å²) in [5.74, 6) is 1.63. The highest BCUT2D eigenvalue weighted by molar-refractivity contribution is 7.99. The van der Waals surface area contributed by atoms with Gasteiger partial charge in [-0.25, -0.2) is 0 Å². The molecule has 1 saturated heterocycles. The van der Waals surface area contributed by atoms with Crippen molar-refractivity contribution in [3.05, 3.63) is 29.3 Å². The van der Waals surface area contributed by atoms with E-state index in [9.17, 15) is 9.59 Å². The highest BCUT2D eigenvalue weighted by atomic mass is 32.2. The lowest BCUT2D eigenvalue weighted by molar-refractivity contribution is -0.135. The van der Waals surface area contributed by atoms with Crippen LogP contribution in [0, 0.1) is 25.7 Å². The van der Waals surface area contributed by atoms with Crippen molar-refractivity contribution < 1.29 is 9.59 Å². The number of carbonyl (C=O) groups excluding carboxylic acids is 2. The molecule has 0 spiro atoms. The zero-order valence-electron chi connectivity index (χ0n) is 17.4. The largest absolute Gasteiger partial charge is 0.353 e. The monoisotopic (exact) mass is 390 g/mol. The van der Waals surface area contributed by atoms with Crippen LogP contribution in [0.2, 0.25) is 0 Å². The van der Waals surface area contributed by atoms with Gasteiger partial charge in [0.2, 0.25) is 11.8 Å². The summed E-state index contributed by atoms with van der Waals surface area (Å²) < 4.78 is 0. The molecule has 0 radical (unpaired) electrons. The van der Waals surface area contributed by atoms with Crippen molar-refractivity contribution in [3.63, 3.8) is 0 Å². The van der Waals surface area contributed by atoms with Crippen molar-refractivity contribution in [2.45, 2.75) is 64.8 Å². The SMILES string of the molecule is Cc1ccc(SCCC(=O)N2CCC(C(=O)NC(C)C(C)C)CC2)cc1C. The molecule has 27 heavy (non-hydrogen) atoms. The van der Waals surface area contributed by atoms with Crippen molar-refractivity contribution in [1.82, 2.24) is 10.2 Å². The van der Waals surface area contributed by atoms with Gasteiger partial charge in [0.05, 0.1) is 0 Å². The van der Waals surface area contributed by atoms with Crippen LogP contribution in [-0.2, 0) is 9.59 Å². The minimum atomic E-state index is 0.0418. The van der Waals surface area contributed by atoms with Crippen LogP contribution in [0.3, 0.4) is 0 Å². The van der Waals surface area contributed by atoms with Gasteiger partial charge >= 0.3 is 0 Å². The lowest BCUT2D eigenvalue weighted by atomic mass is 9.94. The molecule has 1 N–H and O–H groups in total. The Kier molecular flexibility index (Phi) is 8.21. The van der Waals surface area contributed by atoms with Gasteiger partial charge in [0, 0.05) is 42.1 Å². The van der Waals surface area contributed by atoms with Gasteiger partial charge < -0.3 is 10.2 Å². The minimum absolute atomic E-state index is 0.0418. The molecule has 1 heterocycles. The Morgan fingerprint density at radius 1 is 1.15 bits per heavy atom. The van der Waals surface area contributed by atoms with E-state index in [1.165, 1.54) is 16.0 Å². The maximum absolute atomic E-state index is 12.5. The van der Waals surface area contributed by atoms with E-state index in [1.807, 2.05) is 4.90 Å². The van der Waals surface area contributed by atoms with Crippen LogP contribution in [0.15, 0.2) is 23.1 Å². The maximum atomic E-state index is 12.5. The smallest absolute Gasteiger partial charge is 0.223 e. The predicted molar refractivity (Wildman–Crippen MR) is 113 cm³/mol. The van der Waals surface area contributed by atoms with E-state index in [0.29, 0.717) is 25.4 Å². The molecule has 1 aromatic carbocycles. The van der Waals surface area contributed by atoms with Gasteiger partial charge in [-0.2, -0.15) is 0 Å². The number of aryl methyl sites for hydroxylation is 2. The Morgan fingerprint density at radius 3 is 2.41 bits per heavy atom. The van der Waals surface area contributed by atoms with Crippen molar-refractivity contribution in [1.29, 1.82) is 0 Å². The van der Waals surface area contributed by atoms with E-state index >= 15 is 0 Å². The lowest BCUT2D eigenvalue weighted by Crippen LogP contribution is -2.45.